The lowest BCUT2D eigenvalue weighted by atomic mass is 9.82. The van der Waals surface area contributed by atoms with Crippen LogP contribution in [0.5, 0.6) is 0 Å². The first kappa shape index (κ1) is 12.1. The second-order valence-electron chi connectivity index (χ2n) is 6.50. The maximum Gasteiger partial charge on any atom is -0.0352 e. The quantitative estimate of drug-likeness (QED) is 0.567. The van der Waals surface area contributed by atoms with Gasteiger partial charge in [-0.25, -0.2) is 0 Å². The Kier molecular flexibility index (Phi) is 4.04. The van der Waals surface area contributed by atoms with E-state index in [-0.39, 0.29) is 0 Å². The van der Waals surface area contributed by atoms with Gasteiger partial charge < -0.3 is 0 Å². The van der Waals surface area contributed by atoms with E-state index in [1.165, 1.54) is 32.1 Å². The van der Waals surface area contributed by atoms with Crippen LogP contribution in [0.4, 0.5) is 0 Å². The molecule has 0 aliphatic heterocycles. The Balaban J connectivity index is 2.21. The van der Waals surface area contributed by atoms with Crippen LogP contribution in [-0.2, 0) is 0 Å². The molecule has 0 amide bonds. The minimum absolute atomic E-state index is 0.602. The van der Waals surface area contributed by atoms with Crippen molar-refractivity contribution < 1.29 is 0 Å². The third-order valence-electron chi connectivity index (χ3n) is 3.58. The Bertz CT molecular complexity index is 167. The first-order valence-corrected chi connectivity index (χ1v) is 6.44. The summed E-state index contributed by atoms with van der Waals surface area (Å²) in [7, 11) is 0. The van der Waals surface area contributed by atoms with Gasteiger partial charge in [-0.1, -0.05) is 41.0 Å². The zero-order valence-electron chi connectivity index (χ0n) is 10.8. The third kappa shape index (κ3) is 4.02. The summed E-state index contributed by atoms with van der Waals surface area (Å²) in [5.41, 5.74) is 0.602. The van der Waals surface area contributed by atoms with E-state index >= 15 is 0 Å². The summed E-state index contributed by atoms with van der Waals surface area (Å²) in [5, 5.41) is 0. The van der Waals surface area contributed by atoms with E-state index in [2.05, 4.69) is 34.6 Å². The molecule has 2 unspecified atom stereocenters. The average molecular weight is 196 g/mol. The molecule has 84 valence electrons. The van der Waals surface area contributed by atoms with Crippen molar-refractivity contribution in [2.75, 3.05) is 0 Å². The molecule has 1 saturated carbocycles. The number of hydrogen-bond donors (Lipinski definition) is 0. The molecule has 0 nitrogen and oxygen atoms in total. The first-order chi connectivity index (χ1) is 6.44. The Labute approximate surface area is 90.5 Å². The molecule has 1 aliphatic carbocycles. The molecule has 1 aliphatic rings. The van der Waals surface area contributed by atoms with Crippen LogP contribution in [0.15, 0.2) is 0 Å². The van der Waals surface area contributed by atoms with Gasteiger partial charge in [0, 0.05) is 0 Å². The highest BCUT2D eigenvalue weighted by Gasteiger charge is 2.39. The lowest BCUT2D eigenvalue weighted by molar-refractivity contribution is 0.277. The number of rotatable bonds is 6. The second-order valence-corrected chi connectivity index (χ2v) is 6.50. The fourth-order valence-electron chi connectivity index (χ4n) is 2.94. The molecule has 1 rings (SSSR count). The van der Waals surface area contributed by atoms with Gasteiger partial charge in [0.05, 0.1) is 0 Å². The third-order valence-corrected chi connectivity index (χ3v) is 3.58. The van der Waals surface area contributed by atoms with Crippen molar-refractivity contribution in [3.05, 3.63) is 0 Å². The van der Waals surface area contributed by atoms with Crippen molar-refractivity contribution in [1.82, 2.24) is 0 Å². The zero-order chi connectivity index (χ0) is 10.8. The highest BCUT2D eigenvalue weighted by molar-refractivity contribution is 4.90. The fraction of sp³-hybridized carbons (Fsp3) is 1.00. The molecule has 0 radical (unpaired) electrons. The first-order valence-electron chi connectivity index (χ1n) is 6.44. The average Bonchev–Trinajstić information content (AvgIpc) is 2.64. The molecular weight excluding hydrogens is 168 g/mol. The molecule has 0 heteroatoms. The summed E-state index contributed by atoms with van der Waals surface area (Å²) in [6.07, 6.45) is 7.20. The molecule has 0 saturated heterocycles. The Hall–Kier alpha value is 0. The van der Waals surface area contributed by atoms with Crippen molar-refractivity contribution in [3.8, 4) is 0 Å². The van der Waals surface area contributed by atoms with Gasteiger partial charge in [-0.2, -0.15) is 0 Å². The summed E-state index contributed by atoms with van der Waals surface area (Å²) in [6, 6.07) is 0. The van der Waals surface area contributed by atoms with Gasteiger partial charge in [0.2, 0.25) is 0 Å². The molecular formula is C14H28. The van der Waals surface area contributed by atoms with Crippen LogP contribution in [0.2, 0.25) is 0 Å². The van der Waals surface area contributed by atoms with Crippen LogP contribution >= 0.6 is 0 Å². The molecule has 0 aromatic heterocycles. The summed E-state index contributed by atoms with van der Waals surface area (Å²) in [4.78, 5) is 0. The van der Waals surface area contributed by atoms with Crippen molar-refractivity contribution in [2.24, 2.45) is 23.2 Å². The van der Waals surface area contributed by atoms with E-state index in [4.69, 9.17) is 0 Å². The van der Waals surface area contributed by atoms with Crippen LogP contribution in [0.25, 0.3) is 0 Å². The van der Waals surface area contributed by atoms with Crippen LogP contribution < -0.4 is 0 Å². The Morgan fingerprint density at radius 1 is 1.21 bits per heavy atom. The Morgan fingerprint density at radius 2 is 1.86 bits per heavy atom. The van der Waals surface area contributed by atoms with Crippen molar-refractivity contribution in [1.29, 1.82) is 0 Å². The summed E-state index contributed by atoms with van der Waals surface area (Å²) >= 11 is 0. The van der Waals surface area contributed by atoms with Crippen LogP contribution in [0.3, 0.4) is 0 Å². The van der Waals surface area contributed by atoms with Gasteiger partial charge in [0.15, 0.2) is 0 Å². The molecule has 14 heavy (non-hydrogen) atoms. The largest absolute Gasteiger partial charge is 0.0654 e. The van der Waals surface area contributed by atoms with Crippen LogP contribution in [0.1, 0.15) is 66.7 Å². The highest BCUT2D eigenvalue weighted by Crippen LogP contribution is 2.50. The maximum atomic E-state index is 2.45. The topological polar surface area (TPSA) is 0 Å². The second kappa shape index (κ2) is 4.68. The van der Waals surface area contributed by atoms with Gasteiger partial charge >= 0.3 is 0 Å². The predicted octanol–water partition coefficient (Wildman–Crippen LogP) is 4.89. The standard InChI is InChI=1S/C14H28/c1-6-7-14(4,5)10-13-9-12(13)8-11(2)3/h11-13H,6-10H2,1-5H3. The predicted molar refractivity (Wildman–Crippen MR) is 64.4 cm³/mol. The summed E-state index contributed by atoms with van der Waals surface area (Å²) in [5.74, 6) is 3.05. The minimum atomic E-state index is 0.602. The minimum Gasteiger partial charge on any atom is -0.0654 e. The molecule has 0 heterocycles. The van der Waals surface area contributed by atoms with E-state index in [0.717, 1.165) is 17.8 Å². The lowest BCUT2D eigenvalue weighted by Gasteiger charge is -2.24. The summed E-state index contributed by atoms with van der Waals surface area (Å²) in [6.45, 7) is 11.9. The molecule has 0 aromatic rings. The van der Waals surface area contributed by atoms with Gasteiger partial charge in [-0.05, 0) is 48.9 Å². The maximum absolute atomic E-state index is 2.45. The smallest absolute Gasteiger partial charge is 0.0352 e. The molecule has 1 fully saturated rings. The van der Waals surface area contributed by atoms with Crippen LogP contribution in [0, 0.1) is 23.2 Å². The van der Waals surface area contributed by atoms with E-state index in [9.17, 15) is 0 Å². The fourth-order valence-corrected chi connectivity index (χ4v) is 2.94. The lowest BCUT2D eigenvalue weighted by Crippen LogP contribution is -2.12. The molecule has 0 bridgehead atoms. The van der Waals surface area contributed by atoms with E-state index in [0.29, 0.717) is 5.41 Å². The van der Waals surface area contributed by atoms with Gasteiger partial charge in [-0.15, -0.1) is 0 Å². The van der Waals surface area contributed by atoms with Crippen molar-refractivity contribution >= 4 is 0 Å². The summed E-state index contributed by atoms with van der Waals surface area (Å²) < 4.78 is 0. The molecule has 2 atom stereocenters. The SMILES string of the molecule is CCCC(C)(C)CC1CC1CC(C)C. The highest BCUT2D eigenvalue weighted by atomic mass is 14.4. The normalized spacial score (nSPS) is 27.0. The van der Waals surface area contributed by atoms with Crippen molar-refractivity contribution in [3.63, 3.8) is 0 Å². The van der Waals surface area contributed by atoms with Crippen molar-refractivity contribution in [2.45, 2.75) is 66.7 Å². The monoisotopic (exact) mass is 196 g/mol. The Morgan fingerprint density at radius 3 is 2.36 bits per heavy atom. The van der Waals surface area contributed by atoms with E-state index < -0.39 is 0 Å². The van der Waals surface area contributed by atoms with Gasteiger partial charge in [-0.3, -0.25) is 0 Å². The number of hydrogen-bond acceptors (Lipinski definition) is 0. The van der Waals surface area contributed by atoms with Crippen LogP contribution in [-0.4, -0.2) is 0 Å². The van der Waals surface area contributed by atoms with Gasteiger partial charge in [0.25, 0.3) is 0 Å². The zero-order valence-corrected chi connectivity index (χ0v) is 10.8. The molecule has 0 aromatic carbocycles. The van der Waals surface area contributed by atoms with E-state index in [1.807, 2.05) is 0 Å². The van der Waals surface area contributed by atoms with E-state index in [1.54, 1.807) is 0 Å². The van der Waals surface area contributed by atoms with Gasteiger partial charge in [0.1, 0.15) is 0 Å². The molecule has 0 N–H and O–H groups in total. The molecule has 0 spiro atoms.